The lowest BCUT2D eigenvalue weighted by Crippen LogP contribution is -2.03. The molecule has 0 atom stereocenters. The first-order chi connectivity index (χ1) is 10.7. The molecule has 0 unspecified atom stereocenters. The SMILES string of the molecule is Cn1c(SCc2ccc(Cl)cc2)c(CCN)c2ccccc21. The molecule has 3 aromatic rings. The van der Waals surface area contributed by atoms with Crippen LogP contribution < -0.4 is 5.73 Å². The van der Waals surface area contributed by atoms with Gasteiger partial charge in [0.25, 0.3) is 0 Å². The number of hydrogen-bond donors (Lipinski definition) is 1. The number of aromatic nitrogens is 1. The summed E-state index contributed by atoms with van der Waals surface area (Å²) >= 11 is 7.81. The molecule has 0 amide bonds. The van der Waals surface area contributed by atoms with Crippen molar-refractivity contribution in [2.75, 3.05) is 6.54 Å². The lowest BCUT2D eigenvalue weighted by Gasteiger charge is -2.07. The smallest absolute Gasteiger partial charge is 0.0792 e. The molecule has 2 aromatic carbocycles. The summed E-state index contributed by atoms with van der Waals surface area (Å²) in [6, 6.07) is 16.6. The molecular weight excluding hydrogens is 312 g/mol. The van der Waals surface area contributed by atoms with E-state index in [0.29, 0.717) is 6.54 Å². The van der Waals surface area contributed by atoms with Crippen LogP contribution in [0.1, 0.15) is 11.1 Å². The Kier molecular flexibility index (Phi) is 4.77. The minimum Gasteiger partial charge on any atom is -0.339 e. The minimum absolute atomic E-state index is 0.669. The first-order valence-corrected chi connectivity index (χ1v) is 8.70. The number of benzene rings is 2. The molecular formula is C18H19ClN2S. The van der Waals surface area contributed by atoms with E-state index in [1.54, 1.807) is 0 Å². The van der Waals surface area contributed by atoms with Gasteiger partial charge in [-0.15, -0.1) is 11.8 Å². The lowest BCUT2D eigenvalue weighted by atomic mass is 10.1. The van der Waals surface area contributed by atoms with Crippen molar-refractivity contribution in [2.24, 2.45) is 12.8 Å². The molecule has 0 aliphatic rings. The molecule has 0 spiro atoms. The van der Waals surface area contributed by atoms with E-state index in [0.717, 1.165) is 17.2 Å². The van der Waals surface area contributed by atoms with Gasteiger partial charge in [0.2, 0.25) is 0 Å². The van der Waals surface area contributed by atoms with Crippen LogP contribution in [0.3, 0.4) is 0 Å². The Hall–Kier alpha value is -1.42. The molecule has 22 heavy (non-hydrogen) atoms. The molecule has 2 nitrogen and oxygen atoms in total. The average molecular weight is 331 g/mol. The van der Waals surface area contributed by atoms with Gasteiger partial charge in [-0.2, -0.15) is 0 Å². The second-order valence-electron chi connectivity index (χ2n) is 5.31. The number of halogens is 1. The van der Waals surface area contributed by atoms with Gasteiger partial charge in [0.1, 0.15) is 0 Å². The molecule has 1 heterocycles. The van der Waals surface area contributed by atoms with E-state index in [4.69, 9.17) is 17.3 Å². The molecule has 114 valence electrons. The summed E-state index contributed by atoms with van der Waals surface area (Å²) in [6.07, 6.45) is 0.907. The van der Waals surface area contributed by atoms with Gasteiger partial charge in [-0.05, 0) is 42.3 Å². The Bertz CT molecular complexity index is 778. The van der Waals surface area contributed by atoms with Crippen molar-refractivity contribution in [1.29, 1.82) is 0 Å². The van der Waals surface area contributed by atoms with E-state index in [9.17, 15) is 0 Å². The lowest BCUT2D eigenvalue weighted by molar-refractivity contribution is 0.825. The van der Waals surface area contributed by atoms with E-state index < -0.39 is 0 Å². The van der Waals surface area contributed by atoms with Crippen molar-refractivity contribution in [3.8, 4) is 0 Å². The largest absolute Gasteiger partial charge is 0.339 e. The fraction of sp³-hybridized carbons (Fsp3) is 0.222. The summed E-state index contributed by atoms with van der Waals surface area (Å²) in [6.45, 7) is 0.669. The molecule has 2 N–H and O–H groups in total. The molecule has 0 fully saturated rings. The van der Waals surface area contributed by atoms with Gasteiger partial charge in [-0.1, -0.05) is 41.9 Å². The van der Waals surface area contributed by atoms with Crippen LogP contribution in [0.4, 0.5) is 0 Å². The van der Waals surface area contributed by atoms with Crippen LogP contribution >= 0.6 is 23.4 Å². The Morgan fingerprint density at radius 1 is 1.09 bits per heavy atom. The van der Waals surface area contributed by atoms with Gasteiger partial charge < -0.3 is 10.3 Å². The maximum atomic E-state index is 5.95. The number of aryl methyl sites for hydroxylation is 1. The topological polar surface area (TPSA) is 30.9 Å². The highest BCUT2D eigenvalue weighted by atomic mass is 35.5. The highest BCUT2D eigenvalue weighted by Gasteiger charge is 2.14. The Morgan fingerprint density at radius 3 is 2.55 bits per heavy atom. The van der Waals surface area contributed by atoms with Gasteiger partial charge in [-0.25, -0.2) is 0 Å². The summed E-state index contributed by atoms with van der Waals surface area (Å²) in [5.41, 5.74) is 9.73. The fourth-order valence-electron chi connectivity index (χ4n) is 2.75. The van der Waals surface area contributed by atoms with Crippen LogP contribution in [0.15, 0.2) is 53.6 Å². The molecule has 0 aliphatic carbocycles. The summed E-state index contributed by atoms with van der Waals surface area (Å²) in [4.78, 5) is 0. The maximum absolute atomic E-state index is 5.95. The Morgan fingerprint density at radius 2 is 1.82 bits per heavy atom. The quantitative estimate of drug-likeness (QED) is 0.692. The summed E-state index contributed by atoms with van der Waals surface area (Å²) in [7, 11) is 2.13. The molecule has 0 radical (unpaired) electrons. The van der Waals surface area contributed by atoms with Crippen LogP contribution in [0, 0.1) is 0 Å². The van der Waals surface area contributed by atoms with Crippen molar-refractivity contribution < 1.29 is 0 Å². The second kappa shape index (κ2) is 6.78. The molecule has 0 bridgehead atoms. The van der Waals surface area contributed by atoms with E-state index >= 15 is 0 Å². The van der Waals surface area contributed by atoms with Crippen molar-refractivity contribution in [2.45, 2.75) is 17.2 Å². The van der Waals surface area contributed by atoms with Gasteiger partial charge in [0, 0.05) is 28.7 Å². The predicted octanol–water partition coefficient (Wildman–Crippen LogP) is 4.63. The number of hydrogen-bond acceptors (Lipinski definition) is 2. The van der Waals surface area contributed by atoms with Gasteiger partial charge in [0.15, 0.2) is 0 Å². The van der Waals surface area contributed by atoms with Gasteiger partial charge in [0.05, 0.1) is 5.03 Å². The molecule has 0 saturated carbocycles. The zero-order chi connectivity index (χ0) is 15.5. The second-order valence-corrected chi connectivity index (χ2v) is 6.71. The normalized spacial score (nSPS) is 11.2. The van der Waals surface area contributed by atoms with Gasteiger partial charge in [-0.3, -0.25) is 0 Å². The van der Waals surface area contributed by atoms with Crippen LogP contribution in [0.25, 0.3) is 10.9 Å². The third kappa shape index (κ3) is 3.02. The Labute approximate surface area is 140 Å². The molecule has 3 rings (SSSR count). The van der Waals surface area contributed by atoms with E-state index in [1.807, 2.05) is 23.9 Å². The zero-order valence-electron chi connectivity index (χ0n) is 12.6. The van der Waals surface area contributed by atoms with Crippen LogP contribution in [0.5, 0.6) is 0 Å². The highest BCUT2D eigenvalue weighted by molar-refractivity contribution is 7.98. The van der Waals surface area contributed by atoms with Gasteiger partial charge >= 0.3 is 0 Å². The van der Waals surface area contributed by atoms with Crippen molar-refractivity contribution >= 4 is 34.3 Å². The molecule has 0 aliphatic heterocycles. The molecule has 0 saturated heterocycles. The number of nitrogens with zero attached hydrogens (tertiary/aromatic N) is 1. The maximum Gasteiger partial charge on any atom is 0.0792 e. The summed E-state index contributed by atoms with van der Waals surface area (Å²) in [5, 5.41) is 3.40. The minimum atomic E-state index is 0.669. The van der Waals surface area contributed by atoms with E-state index in [-0.39, 0.29) is 0 Å². The molecule has 1 aromatic heterocycles. The number of fused-ring (bicyclic) bond motifs is 1. The monoisotopic (exact) mass is 330 g/mol. The predicted molar refractivity (Wildman–Crippen MR) is 96.7 cm³/mol. The van der Waals surface area contributed by atoms with E-state index in [1.165, 1.54) is 27.1 Å². The van der Waals surface area contributed by atoms with Crippen LogP contribution in [-0.4, -0.2) is 11.1 Å². The highest BCUT2D eigenvalue weighted by Crippen LogP contribution is 2.34. The Balaban J connectivity index is 1.93. The number of nitrogens with two attached hydrogens (primary N) is 1. The number of rotatable bonds is 5. The van der Waals surface area contributed by atoms with E-state index in [2.05, 4.69) is 48.0 Å². The van der Waals surface area contributed by atoms with Crippen molar-refractivity contribution in [1.82, 2.24) is 4.57 Å². The number of para-hydroxylation sites is 1. The van der Waals surface area contributed by atoms with Crippen molar-refractivity contribution in [3.05, 3.63) is 64.7 Å². The summed E-state index contributed by atoms with van der Waals surface area (Å²) in [5.74, 6) is 0.929. The van der Waals surface area contributed by atoms with Crippen LogP contribution in [0.2, 0.25) is 5.02 Å². The standard InChI is InChI=1S/C18H19ClN2S/c1-21-17-5-3-2-4-15(17)16(10-11-20)18(21)22-12-13-6-8-14(19)9-7-13/h2-9H,10-12,20H2,1H3. The first kappa shape index (κ1) is 15.5. The third-order valence-electron chi connectivity index (χ3n) is 3.84. The average Bonchev–Trinajstić information content (AvgIpc) is 2.80. The zero-order valence-corrected chi connectivity index (χ0v) is 14.1. The first-order valence-electron chi connectivity index (χ1n) is 7.34. The molecule has 4 heteroatoms. The van der Waals surface area contributed by atoms with Crippen molar-refractivity contribution in [3.63, 3.8) is 0 Å². The number of thioether (sulfide) groups is 1. The third-order valence-corrected chi connectivity index (χ3v) is 5.36. The fourth-order valence-corrected chi connectivity index (χ4v) is 4.05. The van der Waals surface area contributed by atoms with Crippen LogP contribution in [-0.2, 0) is 19.2 Å². The summed E-state index contributed by atoms with van der Waals surface area (Å²) < 4.78 is 2.28.